The van der Waals surface area contributed by atoms with Crippen LogP contribution in [0.1, 0.15) is 11.1 Å². The normalized spacial score (nSPS) is 15.7. The molecule has 168 valence electrons. The Bertz CT molecular complexity index is 1260. The molecule has 1 saturated heterocycles. The van der Waals surface area contributed by atoms with Crippen LogP contribution >= 0.6 is 55.2 Å². The molecule has 1 amide bonds. The Morgan fingerprint density at radius 2 is 1.82 bits per heavy atom. The van der Waals surface area contributed by atoms with Gasteiger partial charge in [-0.25, -0.2) is 4.99 Å². The second-order valence-corrected chi connectivity index (χ2v) is 10.1. The summed E-state index contributed by atoms with van der Waals surface area (Å²) in [4.78, 5) is 17.5. The zero-order chi connectivity index (χ0) is 23.4. The maximum absolute atomic E-state index is 12.5. The van der Waals surface area contributed by atoms with Crippen LogP contribution in [0.5, 0.6) is 11.5 Å². The lowest BCUT2D eigenvalue weighted by Crippen LogP contribution is -2.19. The van der Waals surface area contributed by atoms with E-state index in [0.29, 0.717) is 33.1 Å². The van der Waals surface area contributed by atoms with E-state index in [0.717, 1.165) is 25.8 Å². The fourth-order valence-corrected chi connectivity index (χ4v) is 4.73. The summed E-state index contributed by atoms with van der Waals surface area (Å²) in [6.45, 7) is 0.456. The molecule has 4 rings (SSSR count). The number of rotatable bonds is 6. The van der Waals surface area contributed by atoms with Crippen molar-refractivity contribution in [2.24, 2.45) is 4.99 Å². The van der Waals surface area contributed by atoms with Crippen molar-refractivity contribution < 1.29 is 14.3 Å². The van der Waals surface area contributed by atoms with E-state index in [-0.39, 0.29) is 5.91 Å². The average Bonchev–Trinajstić information content (AvgIpc) is 3.13. The van der Waals surface area contributed by atoms with Crippen LogP contribution < -0.4 is 14.8 Å². The first-order valence-corrected chi connectivity index (χ1v) is 12.5. The zero-order valence-corrected chi connectivity index (χ0v) is 22.0. The minimum atomic E-state index is -0.216. The molecule has 0 saturated carbocycles. The number of hydrogen-bond acceptors (Lipinski definition) is 5. The smallest absolute Gasteiger partial charge is 0.264 e. The van der Waals surface area contributed by atoms with Crippen molar-refractivity contribution in [1.29, 1.82) is 0 Å². The van der Waals surface area contributed by atoms with Gasteiger partial charge in [0.1, 0.15) is 23.8 Å². The molecule has 0 aliphatic carbocycles. The minimum absolute atomic E-state index is 0.216. The van der Waals surface area contributed by atoms with Crippen LogP contribution in [0.4, 0.5) is 5.69 Å². The Kier molecular flexibility index (Phi) is 7.80. The van der Waals surface area contributed by atoms with E-state index in [9.17, 15) is 4.79 Å². The van der Waals surface area contributed by atoms with Crippen molar-refractivity contribution in [2.75, 3.05) is 7.11 Å². The molecule has 3 aromatic carbocycles. The average molecular weight is 609 g/mol. The number of halogens is 3. The second-order valence-electron chi connectivity index (χ2n) is 6.90. The van der Waals surface area contributed by atoms with Gasteiger partial charge in [-0.05, 0) is 87.4 Å². The molecule has 1 fully saturated rings. The van der Waals surface area contributed by atoms with Crippen molar-refractivity contribution in [3.63, 3.8) is 0 Å². The number of carbonyl (C=O) groups is 1. The van der Waals surface area contributed by atoms with Gasteiger partial charge in [0.2, 0.25) is 0 Å². The van der Waals surface area contributed by atoms with Gasteiger partial charge in [-0.2, -0.15) is 0 Å². The molecule has 0 bridgehead atoms. The van der Waals surface area contributed by atoms with Gasteiger partial charge in [0.05, 0.1) is 16.5 Å². The monoisotopic (exact) mass is 606 g/mol. The van der Waals surface area contributed by atoms with Crippen LogP contribution in [0.3, 0.4) is 0 Å². The van der Waals surface area contributed by atoms with Crippen LogP contribution in [-0.4, -0.2) is 18.2 Å². The van der Waals surface area contributed by atoms with Crippen LogP contribution in [0.2, 0.25) is 5.02 Å². The van der Waals surface area contributed by atoms with E-state index in [2.05, 4.69) is 42.2 Å². The lowest BCUT2D eigenvalue weighted by molar-refractivity contribution is -0.115. The van der Waals surface area contributed by atoms with Gasteiger partial charge in [0.25, 0.3) is 5.91 Å². The van der Waals surface area contributed by atoms with E-state index in [1.54, 1.807) is 31.4 Å². The molecule has 1 N–H and O–H groups in total. The van der Waals surface area contributed by atoms with Gasteiger partial charge in [-0.15, -0.1) is 0 Å². The van der Waals surface area contributed by atoms with Crippen molar-refractivity contribution in [1.82, 2.24) is 5.32 Å². The predicted octanol–water partition coefficient (Wildman–Crippen LogP) is 7.34. The largest absolute Gasteiger partial charge is 0.494 e. The highest BCUT2D eigenvalue weighted by Crippen LogP contribution is 2.35. The zero-order valence-electron chi connectivity index (χ0n) is 17.3. The molecule has 0 atom stereocenters. The maximum Gasteiger partial charge on any atom is 0.264 e. The number of amidine groups is 1. The van der Waals surface area contributed by atoms with E-state index in [4.69, 9.17) is 21.1 Å². The number of benzene rings is 3. The predicted molar refractivity (Wildman–Crippen MR) is 141 cm³/mol. The quantitative estimate of drug-likeness (QED) is 0.298. The third kappa shape index (κ3) is 6.20. The van der Waals surface area contributed by atoms with Gasteiger partial charge in [0.15, 0.2) is 5.17 Å². The topological polar surface area (TPSA) is 59.9 Å². The standard InChI is InChI=1S/C24H17Br2ClN2O3S/c1-31-21-9-7-17(27)12-19(21)28-24-29-23(30)22(33-24)11-15-4-8-20(18(26)10-15)32-13-14-2-5-16(25)6-3-14/h2-12H,13H2,1H3,(H,28,29,30)/b22-11-. The number of nitrogens with zero attached hydrogens (tertiary/aromatic N) is 1. The van der Waals surface area contributed by atoms with E-state index in [1.807, 2.05) is 42.5 Å². The van der Waals surface area contributed by atoms with Crippen LogP contribution in [0, 0.1) is 0 Å². The lowest BCUT2D eigenvalue weighted by Gasteiger charge is -2.09. The number of thioether (sulfide) groups is 1. The Morgan fingerprint density at radius 3 is 2.55 bits per heavy atom. The lowest BCUT2D eigenvalue weighted by atomic mass is 10.2. The Hall–Kier alpha value is -2.26. The van der Waals surface area contributed by atoms with Gasteiger partial charge in [-0.3, -0.25) is 4.79 Å². The Morgan fingerprint density at radius 1 is 1.06 bits per heavy atom. The summed E-state index contributed by atoms with van der Waals surface area (Å²) in [5.74, 6) is 1.08. The van der Waals surface area contributed by atoms with Gasteiger partial charge >= 0.3 is 0 Å². The first-order chi connectivity index (χ1) is 15.9. The fraction of sp³-hybridized carbons (Fsp3) is 0.0833. The molecule has 0 aromatic heterocycles. The van der Waals surface area contributed by atoms with Crippen molar-refractivity contribution >= 4 is 78.1 Å². The first kappa shape index (κ1) is 23.9. The van der Waals surface area contributed by atoms with E-state index in [1.165, 1.54) is 11.8 Å². The molecular formula is C24H17Br2ClN2O3S. The number of carbonyl (C=O) groups excluding carboxylic acids is 1. The molecule has 33 heavy (non-hydrogen) atoms. The molecule has 1 aliphatic rings. The number of aliphatic imine (C=N–C) groups is 1. The van der Waals surface area contributed by atoms with Crippen LogP contribution in [0.25, 0.3) is 6.08 Å². The second kappa shape index (κ2) is 10.8. The molecule has 0 unspecified atom stereocenters. The highest BCUT2D eigenvalue weighted by molar-refractivity contribution is 9.10. The summed E-state index contributed by atoms with van der Waals surface area (Å²) in [7, 11) is 1.56. The highest BCUT2D eigenvalue weighted by Gasteiger charge is 2.24. The summed E-state index contributed by atoms with van der Waals surface area (Å²) >= 11 is 14.3. The maximum atomic E-state index is 12.5. The SMILES string of the molecule is COc1ccc(Cl)cc1N=C1NC(=O)/C(=C/c2ccc(OCc3ccc(Br)cc3)c(Br)c2)S1. The summed E-state index contributed by atoms with van der Waals surface area (Å²) in [5.41, 5.74) is 2.47. The molecule has 1 aliphatic heterocycles. The third-order valence-electron chi connectivity index (χ3n) is 4.58. The number of nitrogens with one attached hydrogen (secondary N) is 1. The summed E-state index contributed by atoms with van der Waals surface area (Å²) < 4.78 is 13.1. The summed E-state index contributed by atoms with van der Waals surface area (Å²) in [6.07, 6.45) is 1.81. The molecule has 1 heterocycles. The fourth-order valence-electron chi connectivity index (χ4n) is 2.96. The molecule has 9 heteroatoms. The van der Waals surface area contributed by atoms with Crippen LogP contribution in [0.15, 0.2) is 79.5 Å². The number of methoxy groups -OCH3 is 1. The number of ether oxygens (including phenoxy) is 2. The van der Waals surface area contributed by atoms with E-state index < -0.39 is 0 Å². The van der Waals surface area contributed by atoms with Gasteiger partial charge < -0.3 is 14.8 Å². The Labute approximate surface area is 217 Å². The van der Waals surface area contributed by atoms with Crippen molar-refractivity contribution in [2.45, 2.75) is 6.61 Å². The highest BCUT2D eigenvalue weighted by atomic mass is 79.9. The minimum Gasteiger partial charge on any atom is -0.494 e. The molecule has 3 aromatic rings. The molecule has 0 radical (unpaired) electrons. The summed E-state index contributed by atoms with van der Waals surface area (Å²) in [5, 5.41) is 3.77. The summed E-state index contributed by atoms with van der Waals surface area (Å²) in [6, 6.07) is 18.8. The molecule has 0 spiro atoms. The molecular weight excluding hydrogens is 592 g/mol. The Balaban J connectivity index is 1.47. The van der Waals surface area contributed by atoms with Gasteiger partial charge in [0, 0.05) is 9.50 Å². The first-order valence-electron chi connectivity index (χ1n) is 9.71. The van der Waals surface area contributed by atoms with Crippen molar-refractivity contribution in [3.8, 4) is 11.5 Å². The number of amides is 1. The number of hydrogen-bond donors (Lipinski definition) is 1. The third-order valence-corrected chi connectivity index (χ3v) is 6.87. The molecule has 5 nitrogen and oxygen atoms in total. The van der Waals surface area contributed by atoms with Gasteiger partial charge in [-0.1, -0.05) is 45.7 Å². The van der Waals surface area contributed by atoms with Crippen LogP contribution in [-0.2, 0) is 11.4 Å². The van der Waals surface area contributed by atoms with Crippen molar-refractivity contribution in [3.05, 3.63) is 90.7 Å². The van der Waals surface area contributed by atoms with E-state index >= 15 is 0 Å².